The maximum absolute atomic E-state index is 11.7. The van der Waals surface area contributed by atoms with Crippen molar-refractivity contribution in [2.45, 2.75) is 13.5 Å². The van der Waals surface area contributed by atoms with Gasteiger partial charge in [-0.1, -0.05) is 0 Å². The quantitative estimate of drug-likeness (QED) is 0.399. The number of halogens is 1. The van der Waals surface area contributed by atoms with Gasteiger partial charge in [0.05, 0.1) is 7.05 Å². The number of benzene rings is 1. The number of aryl methyl sites for hydroxylation is 1. The Bertz CT molecular complexity index is 623. The lowest BCUT2D eigenvalue weighted by atomic mass is 10.3. The van der Waals surface area contributed by atoms with Gasteiger partial charge in [0.15, 0.2) is 6.54 Å². The minimum absolute atomic E-state index is 0. The summed E-state index contributed by atoms with van der Waals surface area (Å²) in [7, 11) is 1.88. The van der Waals surface area contributed by atoms with Gasteiger partial charge >= 0.3 is 5.97 Å². The Labute approximate surface area is 128 Å². The number of anilines is 1. The zero-order valence-corrected chi connectivity index (χ0v) is 12.5. The molecule has 21 heavy (non-hydrogen) atoms. The standard InChI is InChI=1S/C14H15N3O3.ClH/c1-11(18)15-12-3-5-13(6-4-12)20-14(19)9-17-8-7-16(2)10-17;/h3-8,10H,9H2,1-2H3;1H. The third kappa shape index (κ3) is 5.27. The van der Waals surface area contributed by atoms with E-state index in [9.17, 15) is 9.59 Å². The van der Waals surface area contributed by atoms with E-state index in [-0.39, 0.29) is 30.8 Å². The van der Waals surface area contributed by atoms with E-state index in [4.69, 9.17) is 4.74 Å². The number of aromatic nitrogens is 2. The first-order valence-corrected chi connectivity index (χ1v) is 6.12. The monoisotopic (exact) mass is 309 g/mol. The fraction of sp³-hybridized carbons (Fsp3) is 0.214. The van der Waals surface area contributed by atoms with Gasteiger partial charge in [0, 0.05) is 12.6 Å². The number of ether oxygens (including phenoxy) is 1. The van der Waals surface area contributed by atoms with Crippen LogP contribution in [0.25, 0.3) is 0 Å². The Morgan fingerprint density at radius 2 is 1.95 bits per heavy atom. The molecule has 1 N–H and O–H groups in total. The van der Waals surface area contributed by atoms with E-state index in [1.807, 2.05) is 17.8 Å². The molecule has 0 saturated carbocycles. The summed E-state index contributed by atoms with van der Waals surface area (Å²) in [6.45, 7) is 1.58. The van der Waals surface area contributed by atoms with Gasteiger partial charge in [0.1, 0.15) is 18.1 Å². The zero-order chi connectivity index (χ0) is 14.5. The van der Waals surface area contributed by atoms with Crippen LogP contribution in [0.1, 0.15) is 6.92 Å². The summed E-state index contributed by atoms with van der Waals surface area (Å²) >= 11 is 0. The summed E-state index contributed by atoms with van der Waals surface area (Å²) < 4.78 is 8.78. The highest BCUT2D eigenvalue weighted by atomic mass is 35.5. The minimum Gasteiger partial charge on any atom is -1.00 e. The van der Waals surface area contributed by atoms with Crippen molar-refractivity contribution in [1.29, 1.82) is 0 Å². The summed E-state index contributed by atoms with van der Waals surface area (Å²) in [5.74, 6) is -0.0515. The van der Waals surface area contributed by atoms with Gasteiger partial charge in [0.25, 0.3) is 0 Å². The molecule has 0 fully saturated rings. The molecule has 7 heteroatoms. The number of carbonyl (C=O) groups excluding carboxylic acids is 2. The van der Waals surface area contributed by atoms with Gasteiger partial charge in [-0.05, 0) is 24.3 Å². The molecule has 112 valence electrons. The molecule has 0 aliphatic carbocycles. The van der Waals surface area contributed by atoms with Crippen molar-refractivity contribution in [3.8, 4) is 5.75 Å². The average molecular weight is 310 g/mol. The van der Waals surface area contributed by atoms with Crippen LogP contribution in [-0.4, -0.2) is 16.4 Å². The molecule has 0 aliphatic rings. The highest BCUT2D eigenvalue weighted by Crippen LogP contribution is 2.15. The molecule has 0 spiro atoms. The SMILES string of the molecule is CC(=O)Nc1ccc(OC(=O)Cn2cc[n+](C)c2)cc1.[Cl-]. The van der Waals surface area contributed by atoms with Crippen LogP contribution in [0.3, 0.4) is 0 Å². The fourth-order valence-electron chi connectivity index (χ4n) is 1.72. The fourth-order valence-corrected chi connectivity index (χ4v) is 1.72. The van der Waals surface area contributed by atoms with Crippen LogP contribution in [0.5, 0.6) is 5.75 Å². The van der Waals surface area contributed by atoms with Gasteiger partial charge < -0.3 is 22.5 Å². The summed E-state index contributed by atoms with van der Waals surface area (Å²) in [4.78, 5) is 22.6. The van der Waals surface area contributed by atoms with Gasteiger partial charge in [-0.15, -0.1) is 0 Å². The lowest BCUT2D eigenvalue weighted by Gasteiger charge is -2.05. The van der Waals surface area contributed by atoms with Crippen molar-refractivity contribution < 1.29 is 31.3 Å². The van der Waals surface area contributed by atoms with E-state index in [1.54, 1.807) is 41.4 Å². The van der Waals surface area contributed by atoms with Crippen molar-refractivity contribution >= 4 is 17.6 Å². The Morgan fingerprint density at radius 1 is 1.29 bits per heavy atom. The third-order valence-corrected chi connectivity index (χ3v) is 2.54. The lowest BCUT2D eigenvalue weighted by Crippen LogP contribution is -3.00. The first-order valence-electron chi connectivity index (χ1n) is 6.12. The topological polar surface area (TPSA) is 64.2 Å². The molecule has 1 amide bonds. The Morgan fingerprint density at radius 3 is 2.48 bits per heavy atom. The second-order valence-corrected chi connectivity index (χ2v) is 4.43. The Kier molecular flexibility index (Phi) is 5.92. The van der Waals surface area contributed by atoms with E-state index in [0.29, 0.717) is 11.4 Å². The second kappa shape index (κ2) is 7.44. The molecule has 0 aliphatic heterocycles. The molecular weight excluding hydrogens is 294 g/mol. The average Bonchev–Trinajstić information content (AvgIpc) is 2.76. The predicted molar refractivity (Wildman–Crippen MR) is 72.0 cm³/mol. The first-order chi connectivity index (χ1) is 9.52. The molecular formula is C14H16ClN3O3. The summed E-state index contributed by atoms with van der Waals surface area (Å²) in [6, 6.07) is 6.64. The zero-order valence-electron chi connectivity index (χ0n) is 11.7. The number of imidazole rings is 1. The van der Waals surface area contributed by atoms with Crippen LogP contribution in [0, 0.1) is 0 Å². The van der Waals surface area contributed by atoms with E-state index >= 15 is 0 Å². The lowest BCUT2D eigenvalue weighted by molar-refractivity contribution is -0.671. The number of rotatable bonds is 4. The van der Waals surface area contributed by atoms with Crippen molar-refractivity contribution in [2.75, 3.05) is 5.32 Å². The van der Waals surface area contributed by atoms with E-state index in [0.717, 1.165) is 0 Å². The molecule has 2 rings (SSSR count). The van der Waals surface area contributed by atoms with E-state index < -0.39 is 0 Å². The maximum atomic E-state index is 11.7. The minimum atomic E-state index is -0.353. The van der Waals surface area contributed by atoms with Crippen molar-refractivity contribution in [3.63, 3.8) is 0 Å². The second-order valence-electron chi connectivity index (χ2n) is 4.43. The number of nitrogens with zero attached hydrogens (tertiary/aromatic N) is 2. The van der Waals surface area contributed by atoms with Crippen molar-refractivity contribution in [1.82, 2.24) is 4.57 Å². The molecule has 1 aromatic carbocycles. The normalized spacial score (nSPS) is 9.62. The predicted octanol–water partition coefficient (Wildman–Crippen LogP) is -2.12. The summed E-state index contributed by atoms with van der Waals surface area (Å²) in [6.07, 6.45) is 5.43. The van der Waals surface area contributed by atoms with Crippen LogP contribution in [0.2, 0.25) is 0 Å². The van der Waals surface area contributed by atoms with Crippen LogP contribution < -0.4 is 27.0 Å². The van der Waals surface area contributed by atoms with E-state index in [1.165, 1.54) is 6.92 Å². The van der Waals surface area contributed by atoms with Crippen LogP contribution >= 0.6 is 0 Å². The molecule has 0 saturated heterocycles. The van der Waals surface area contributed by atoms with Crippen LogP contribution in [0.15, 0.2) is 43.0 Å². The molecule has 6 nitrogen and oxygen atoms in total. The van der Waals surface area contributed by atoms with Crippen molar-refractivity contribution in [3.05, 3.63) is 43.0 Å². The smallest absolute Gasteiger partial charge is 0.353 e. The third-order valence-electron chi connectivity index (χ3n) is 2.54. The number of esters is 1. The molecule has 0 radical (unpaired) electrons. The van der Waals surface area contributed by atoms with Crippen LogP contribution in [-0.2, 0) is 23.2 Å². The van der Waals surface area contributed by atoms with Gasteiger partial charge in [-0.25, -0.2) is 13.9 Å². The number of carbonyl (C=O) groups is 2. The highest BCUT2D eigenvalue weighted by molar-refractivity contribution is 5.88. The Balaban J connectivity index is 0.00000220. The highest BCUT2D eigenvalue weighted by Gasteiger charge is 2.10. The van der Waals surface area contributed by atoms with Gasteiger partial charge in [0.2, 0.25) is 12.2 Å². The number of hydrogen-bond acceptors (Lipinski definition) is 3. The molecule has 0 bridgehead atoms. The molecule has 0 atom stereocenters. The number of amides is 1. The number of nitrogens with one attached hydrogen (secondary N) is 1. The van der Waals surface area contributed by atoms with E-state index in [2.05, 4.69) is 5.32 Å². The molecule has 1 heterocycles. The maximum Gasteiger partial charge on any atom is 0.353 e. The molecule has 2 aromatic rings. The summed E-state index contributed by atoms with van der Waals surface area (Å²) in [5.41, 5.74) is 0.662. The molecule has 0 unspecified atom stereocenters. The first kappa shape index (κ1) is 16.7. The number of hydrogen-bond donors (Lipinski definition) is 1. The van der Waals surface area contributed by atoms with Crippen molar-refractivity contribution in [2.24, 2.45) is 7.05 Å². The van der Waals surface area contributed by atoms with Gasteiger partial charge in [-0.2, -0.15) is 0 Å². The van der Waals surface area contributed by atoms with Crippen LogP contribution in [0.4, 0.5) is 5.69 Å². The Hall–Kier alpha value is -2.34. The van der Waals surface area contributed by atoms with Gasteiger partial charge in [-0.3, -0.25) is 4.79 Å². The summed E-state index contributed by atoms with van der Waals surface area (Å²) in [5, 5.41) is 2.64. The molecule has 1 aromatic heterocycles. The largest absolute Gasteiger partial charge is 1.00 e.